The maximum atomic E-state index is 5.86. The van der Waals surface area contributed by atoms with E-state index in [1.807, 2.05) is 18.8 Å². The lowest BCUT2D eigenvalue weighted by molar-refractivity contribution is 0.00105. The van der Waals surface area contributed by atoms with Gasteiger partial charge in [0.25, 0.3) is 0 Å². The highest BCUT2D eigenvalue weighted by Crippen LogP contribution is 2.30. The molecule has 0 saturated carbocycles. The zero-order chi connectivity index (χ0) is 11.5. The largest absolute Gasteiger partial charge is 0.373 e. The van der Waals surface area contributed by atoms with Gasteiger partial charge in [-0.2, -0.15) is 5.10 Å². The summed E-state index contributed by atoms with van der Waals surface area (Å²) in [5, 5.41) is 7.81. The van der Waals surface area contributed by atoms with Crippen molar-refractivity contribution >= 4 is 0 Å². The summed E-state index contributed by atoms with van der Waals surface area (Å²) in [6.45, 7) is 2.98. The standard InChI is InChI=1S/C12H21N3O/c1-4-11-10(8-15(3)14-11)12-7-9(13-2)5-6-16-12/h8-9,12-13H,4-7H2,1-3H3. The highest BCUT2D eigenvalue weighted by atomic mass is 16.5. The average molecular weight is 223 g/mol. The van der Waals surface area contributed by atoms with Crippen LogP contribution in [0.1, 0.15) is 37.1 Å². The van der Waals surface area contributed by atoms with Gasteiger partial charge >= 0.3 is 0 Å². The summed E-state index contributed by atoms with van der Waals surface area (Å²) in [7, 11) is 4.00. The smallest absolute Gasteiger partial charge is 0.0873 e. The summed E-state index contributed by atoms with van der Waals surface area (Å²) in [5.74, 6) is 0. The first-order valence-corrected chi connectivity index (χ1v) is 6.05. The van der Waals surface area contributed by atoms with Gasteiger partial charge in [0.1, 0.15) is 0 Å². The molecule has 0 aliphatic carbocycles. The number of aryl methyl sites for hydroxylation is 2. The molecule has 0 amide bonds. The lowest BCUT2D eigenvalue weighted by Gasteiger charge is -2.29. The minimum Gasteiger partial charge on any atom is -0.373 e. The van der Waals surface area contributed by atoms with Crippen LogP contribution in [0.15, 0.2) is 6.20 Å². The van der Waals surface area contributed by atoms with E-state index in [0.29, 0.717) is 6.04 Å². The molecule has 0 bridgehead atoms. The Morgan fingerprint density at radius 1 is 1.62 bits per heavy atom. The van der Waals surface area contributed by atoms with Crippen LogP contribution in [0.25, 0.3) is 0 Å². The molecule has 1 saturated heterocycles. The Hall–Kier alpha value is -0.870. The second-order valence-electron chi connectivity index (χ2n) is 4.43. The Labute approximate surface area is 97.0 Å². The third kappa shape index (κ3) is 2.28. The number of aromatic nitrogens is 2. The first kappa shape index (κ1) is 11.6. The Bertz CT molecular complexity index is 348. The Balaban J connectivity index is 2.15. The molecule has 90 valence electrons. The van der Waals surface area contributed by atoms with Crippen molar-refractivity contribution in [3.05, 3.63) is 17.5 Å². The van der Waals surface area contributed by atoms with E-state index in [9.17, 15) is 0 Å². The van der Waals surface area contributed by atoms with E-state index in [-0.39, 0.29) is 6.10 Å². The molecule has 2 atom stereocenters. The zero-order valence-corrected chi connectivity index (χ0v) is 10.4. The van der Waals surface area contributed by atoms with Gasteiger partial charge in [-0.3, -0.25) is 4.68 Å². The molecule has 2 rings (SSSR count). The second-order valence-corrected chi connectivity index (χ2v) is 4.43. The van der Waals surface area contributed by atoms with Crippen LogP contribution >= 0.6 is 0 Å². The maximum Gasteiger partial charge on any atom is 0.0873 e. The number of ether oxygens (including phenoxy) is 1. The van der Waals surface area contributed by atoms with Crippen molar-refractivity contribution in [2.45, 2.75) is 38.3 Å². The summed E-state index contributed by atoms with van der Waals surface area (Å²) in [6, 6.07) is 0.573. The number of nitrogens with zero attached hydrogens (tertiary/aromatic N) is 2. The van der Waals surface area contributed by atoms with Crippen molar-refractivity contribution in [3.63, 3.8) is 0 Å². The van der Waals surface area contributed by atoms with Crippen molar-refractivity contribution in [1.82, 2.24) is 15.1 Å². The van der Waals surface area contributed by atoms with Gasteiger partial charge in [-0.25, -0.2) is 0 Å². The van der Waals surface area contributed by atoms with Crippen LogP contribution in [-0.2, 0) is 18.2 Å². The molecule has 0 spiro atoms. The summed E-state index contributed by atoms with van der Waals surface area (Å²) in [6.07, 6.45) is 5.45. The quantitative estimate of drug-likeness (QED) is 0.842. The van der Waals surface area contributed by atoms with Crippen LogP contribution in [-0.4, -0.2) is 29.5 Å². The fraction of sp³-hybridized carbons (Fsp3) is 0.750. The topological polar surface area (TPSA) is 39.1 Å². The van der Waals surface area contributed by atoms with Crippen LogP contribution in [0.5, 0.6) is 0 Å². The number of rotatable bonds is 3. The Morgan fingerprint density at radius 2 is 2.44 bits per heavy atom. The van der Waals surface area contributed by atoms with E-state index >= 15 is 0 Å². The molecule has 1 fully saturated rings. The van der Waals surface area contributed by atoms with Gasteiger partial charge in [-0.15, -0.1) is 0 Å². The molecule has 1 aromatic heterocycles. The van der Waals surface area contributed by atoms with E-state index in [0.717, 1.165) is 25.9 Å². The minimum absolute atomic E-state index is 0.217. The zero-order valence-electron chi connectivity index (χ0n) is 10.4. The molecule has 0 aromatic carbocycles. The van der Waals surface area contributed by atoms with Gasteiger partial charge in [-0.1, -0.05) is 6.92 Å². The predicted octanol–water partition coefficient (Wildman–Crippen LogP) is 1.42. The fourth-order valence-electron chi connectivity index (χ4n) is 2.37. The monoisotopic (exact) mass is 223 g/mol. The van der Waals surface area contributed by atoms with Gasteiger partial charge < -0.3 is 10.1 Å². The number of hydrogen-bond donors (Lipinski definition) is 1. The molecule has 2 unspecified atom stereocenters. The maximum absolute atomic E-state index is 5.86. The average Bonchev–Trinajstić information content (AvgIpc) is 2.70. The van der Waals surface area contributed by atoms with Crippen LogP contribution in [0.2, 0.25) is 0 Å². The van der Waals surface area contributed by atoms with Crippen molar-refractivity contribution in [2.75, 3.05) is 13.7 Å². The molecular weight excluding hydrogens is 202 g/mol. The molecule has 2 heterocycles. The van der Waals surface area contributed by atoms with E-state index in [2.05, 4.69) is 23.5 Å². The molecule has 0 radical (unpaired) electrons. The van der Waals surface area contributed by atoms with E-state index in [1.54, 1.807) is 0 Å². The van der Waals surface area contributed by atoms with Crippen molar-refractivity contribution in [1.29, 1.82) is 0 Å². The SMILES string of the molecule is CCc1nn(C)cc1C1CC(NC)CCO1. The van der Waals surface area contributed by atoms with Crippen molar-refractivity contribution < 1.29 is 4.74 Å². The van der Waals surface area contributed by atoms with Crippen LogP contribution in [0, 0.1) is 0 Å². The predicted molar refractivity (Wildman–Crippen MR) is 63.4 cm³/mol. The Morgan fingerprint density at radius 3 is 3.12 bits per heavy atom. The molecule has 16 heavy (non-hydrogen) atoms. The van der Waals surface area contributed by atoms with Gasteiger partial charge in [0.05, 0.1) is 11.8 Å². The van der Waals surface area contributed by atoms with E-state index in [4.69, 9.17) is 4.74 Å². The fourth-order valence-corrected chi connectivity index (χ4v) is 2.37. The lowest BCUT2D eigenvalue weighted by atomic mass is 9.97. The first-order chi connectivity index (χ1) is 7.74. The Kier molecular flexibility index (Phi) is 3.61. The number of hydrogen-bond acceptors (Lipinski definition) is 3. The summed E-state index contributed by atoms with van der Waals surface area (Å²) in [5.41, 5.74) is 2.44. The number of nitrogens with one attached hydrogen (secondary N) is 1. The molecule has 1 N–H and O–H groups in total. The van der Waals surface area contributed by atoms with E-state index < -0.39 is 0 Å². The molecule has 1 aromatic rings. The van der Waals surface area contributed by atoms with Gasteiger partial charge in [0.15, 0.2) is 0 Å². The summed E-state index contributed by atoms with van der Waals surface area (Å²) >= 11 is 0. The van der Waals surface area contributed by atoms with E-state index in [1.165, 1.54) is 11.3 Å². The molecule has 1 aliphatic heterocycles. The lowest BCUT2D eigenvalue weighted by Crippen LogP contribution is -2.33. The molecular formula is C12H21N3O. The highest BCUT2D eigenvalue weighted by molar-refractivity contribution is 5.20. The summed E-state index contributed by atoms with van der Waals surface area (Å²) < 4.78 is 7.75. The van der Waals surface area contributed by atoms with Crippen LogP contribution in [0.4, 0.5) is 0 Å². The van der Waals surface area contributed by atoms with Gasteiger partial charge in [0, 0.05) is 31.5 Å². The van der Waals surface area contributed by atoms with Crippen LogP contribution < -0.4 is 5.32 Å². The van der Waals surface area contributed by atoms with Crippen LogP contribution in [0.3, 0.4) is 0 Å². The minimum atomic E-state index is 0.217. The third-order valence-electron chi connectivity index (χ3n) is 3.31. The van der Waals surface area contributed by atoms with Crippen molar-refractivity contribution in [2.24, 2.45) is 7.05 Å². The summed E-state index contributed by atoms with van der Waals surface area (Å²) in [4.78, 5) is 0. The highest BCUT2D eigenvalue weighted by Gasteiger charge is 2.25. The second kappa shape index (κ2) is 4.97. The van der Waals surface area contributed by atoms with Gasteiger partial charge in [0.2, 0.25) is 0 Å². The van der Waals surface area contributed by atoms with Gasteiger partial charge in [-0.05, 0) is 26.3 Å². The molecule has 4 nitrogen and oxygen atoms in total. The van der Waals surface area contributed by atoms with Crippen molar-refractivity contribution in [3.8, 4) is 0 Å². The third-order valence-corrected chi connectivity index (χ3v) is 3.31. The molecule has 1 aliphatic rings. The normalized spacial score (nSPS) is 25.9. The first-order valence-electron chi connectivity index (χ1n) is 6.05. The molecule has 4 heteroatoms.